The predicted molar refractivity (Wildman–Crippen MR) is 104 cm³/mol. The fraction of sp³-hybridized carbons (Fsp3) is 0.286. The van der Waals surface area contributed by atoms with Gasteiger partial charge in [-0.1, -0.05) is 31.9 Å². The van der Waals surface area contributed by atoms with Crippen LogP contribution in [0.2, 0.25) is 0 Å². The Balaban J connectivity index is 1.64. The van der Waals surface area contributed by atoms with Crippen LogP contribution in [-0.4, -0.2) is 32.4 Å². The molecule has 0 aliphatic rings. The monoisotopic (exact) mass is 381 g/mol. The molecule has 0 saturated carbocycles. The van der Waals surface area contributed by atoms with Gasteiger partial charge >= 0.3 is 5.97 Å². The van der Waals surface area contributed by atoms with Crippen LogP contribution in [0.3, 0.4) is 0 Å². The lowest BCUT2D eigenvalue weighted by Gasteiger charge is -2.14. The zero-order chi connectivity index (χ0) is 19.9. The number of carboxylic acid groups (broad SMARTS) is 1. The topological polar surface area (TPSA) is 92.9 Å². The highest BCUT2D eigenvalue weighted by atomic mass is 16.5. The summed E-state index contributed by atoms with van der Waals surface area (Å²) in [4.78, 5) is 28.2. The molecule has 2 N–H and O–H groups in total. The maximum absolute atomic E-state index is 12.4. The minimum Gasteiger partial charge on any atom is -0.487 e. The quantitative estimate of drug-likeness (QED) is 0.593. The summed E-state index contributed by atoms with van der Waals surface area (Å²) in [5.74, 6) is -0.937. The van der Waals surface area contributed by atoms with Crippen LogP contribution in [0.5, 0.6) is 5.75 Å². The summed E-state index contributed by atoms with van der Waals surface area (Å²) in [6, 6.07) is 11.5. The van der Waals surface area contributed by atoms with E-state index in [1.807, 2.05) is 41.9 Å². The van der Waals surface area contributed by atoms with Crippen LogP contribution in [0.15, 0.2) is 54.9 Å². The second kappa shape index (κ2) is 9.03. The second-order valence-electron chi connectivity index (χ2n) is 6.52. The minimum atomic E-state index is -1.03. The number of aromatic nitrogens is 2. The first kappa shape index (κ1) is 19.4. The number of carboxylic acids is 1. The van der Waals surface area contributed by atoms with Crippen molar-refractivity contribution in [1.29, 1.82) is 0 Å². The molecule has 1 atom stereocenters. The van der Waals surface area contributed by atoms with Crippen LogP contribution >= 0.6 is 0 Å². The zero-order valence-electron chi connectivity index (χ0n) is 15.7. The summed E-state index contributed by atoms with van der Waals surface area (Å²) in [5, 5.41) is 11.8. The number of fused-ring (bicyclic) bond motifs is 1. The lowest BCUT2D eigenvalue weighted by Crippen LogP contribution is -2.40. The molecule has 2 heterocycles. The number of imidazole rings is 1. The van der Waals surface area contributed by atoms with Gasteiger partial charge in [-0.3, -0.25) is 4.79 Å². The first-order valence-corrected chi connectivity index (χ1v) is 9.26. The molecule has 1 unspecified atom stereocenters. The highest BCUT2D eigenvalue weighted by Crippen LogP contribution is 2.16. The molecular formula is C21H23N3O4. The number of ether oxygens (including phenoxy) is 1. The van der Waals surface area contributed by atoms with E-state index < -0.39 is 17.9 Å². The summed E-state index contributed by atoms with van der Waals surface area (Å²) in [6.45, 7) is 2.24. The number of aliphatic carboxylic acids is 1. The van der Waals surface area contributed by atoms with E-state index in [1.165, 1.54) is 0 Å². The number of carbonyl (C=O) groups is 2. The van der Waals surface area contributed by atoms with Crippen molar-refractivity contribution in [3.63, 3.8) is 0 Å². The van der Waals surface area contributed by atoms with E-state index in [4.69, 9.17) is 4.74 Å². The number of unbranched alkanes of at least 4 members (excludes halogenated alkanes) is 1. The fourth-order valence-corrected chi connectivity index (χ4v) is 2.85. The molecule has 0 aliphatic carbocycles. The van der Waals surface area contributed by atoms with Crippen molar-refractivity contribution in [2.24, 2.45) is 0 Å². The molecule has 1 aromatic carbocycles. The van der Waals surface area contributed by atoms with Crippen LogP contribution in [0.1, 0.15) is 42.2 Å². The van der Waals surface area contributed by atoms with Crippen LogP contribution in [0.25, 0.3) is 5.65 Å². The standard InChI is InChI=1S/C21H23N3O4/c1-2-3-9-18(21(26)27)23-20(25)15-7-6-8-17(12-15)28-14-16-13-24-11-5-4-10-19(24)22-16/h4-8,10-13,18H,2-3,9,14H2,1H3,(H,23,25)(H,26,27). The van der Waals surface area contributed by atoms with Gasteiger partial charge in [-0.25, -0.2) is 9.78 Å². The Morgan fingerprint density at radius 3 is 2.86 bits per heavy atom. The third-order valence-corrected chi connectivity index (χ3v) is 4.35. The summed E-state index contributed by atoms with van der Waals surface area (Å²) < 4.78 is 7.67. The lowest BCUT2D eigenvalue weighted by molar-refractivity contribution is -0.139. The number of nitrogens with zero attached hydrogens (tertiary/aromatic N) is 2. The van der Waals surface area contributed by atoms with E-state index in [2.05, 4.69) is 10.3 Å². The van der Waals surface area contributed by atoms with Gasteiger partial charge in [0.05, 0.1) is 5.69 Å². The maximum atomic E-state index is 12.4. The van der Waals surface area contributed by atoms with Crippen LogP contribution in [-0.2, 0) is 11.4 Å². The number of benzene rings is 1. The van der Waals surface area contributed by atoms with E-state index >= 15 is 0 Å². The van der Waals surface area contributed by atoms with Crippen molar-refractivity contribution in [2.45, 2.75) is 38.8 Å². The average Bonchev–Trinajstić information content (AvgIpc) is 3.12. The zero-order valence-corrected chi connectivity index (χ0v) is 15.7. The molecule has 0 spiro atoms. The number of hydrogen-bond acceptors (Lipinski definition) is 4. The van der Waals surface area contributed by atoms with E-state index in [-0.39, 0.29) is 6.61 Å². The largest absolute Gasteiger partial charge is 0.487 e. The van der Waals surface area contributed by atoms with Gasteiger partial charge in [0, 0.05) is 18.0 Å². The first-order chi connectivity index (χ1) is 13.6. The van der Waals surface area contributed by atoms with Gasteiger partial charge in [0.2, 0.25) is 0 Å². The molecule has 1 amide bonds. The van der Waals surface area contributed by atoms with Gasteiger partial charge < -0.3 is 19.6 Å². The molecule has 0 bridgehead atoms. The Hall–Kier alpha value is -3.35. The lowest BCUT2D eigenvalue weighted by atomic mass is 10.1. The Kier molecular flexibility index (Phi) is 6.26. The van der Waals surface area contributed by atoms with Gasteiger partial charge in [-0.05, 0) is 36.8 Å². The molecule has 146 valence electrons. The van der Waals surface area contributed by atoms with Crippen molar-refractivity contribution in [1.82, 2.24) is 14.7 Å². The fourth-order valence-electron chi connectivity index (χ4n) is 2.85. The molecule has 3 aromatic rings. The Labute approximate surface area is 163 Å². The maximum Gasteiger partial charge on any atom is 0.326 e. The number of nitrogens with one attached hydrogen (secondary N) is 1. The smallest absolute Gasteiger partial charge is 0.326 e. The Morgan fingerprint density at radius 1 is 1.25 bits per heavy atom. The molecule has 7 nitrogen and oxygen atoms in total. The van der Waals surface area contributed by atoms with E-state index in [0.717, 1.165) is 24.2 Å². The normalized spacial score (nSPS) is 11.9. The number of rotatable bonds is 9. The van der Waals surface area contributed by atoms with Crippen molar-refractivity contribution < 1.29 is 19.4 Å². The van der Waals surface area contributed by atoms with Gasteiger partial charge in [-0.15, -0.1) is 0 Å². The van der Waals surface area contributed by atoms with Gasteiger partial charge in [0.25, 0.3) is 5.91 Å². The van der Waals surface area contributed by atoms with Crippen LogP contribution < -0.4 is 10.1 Å². The predicted octanol–water partition coefficient (Wildman–Crippen LogP) is 3.29. The average molecular weight is 381 g/mol. The summed E-state index contributed by atoms with van der Waals surface area (Å²) in [6.07, 6.45) is 5.80. The van der Waals surface area contributed by atoms with Gasteiger partial charge in [-0.2, -0.15) is 0 Å². The molecule has 2 aromatic heterocycles. The molecule has 28 heavy (non-hydrogen) atoms. The third-order valence-electron chi connectivity index (χ3n) is 4.35. The summed E-state index contributed by atoms with van der Waals surface area (Å²) >= 11 is 0. The van der Waals surface area contributed by atoms with E-state index in [1.54, 1.807) is 24.3 Å². The van der Waals surface area contributed by atoms with Gasteiger partial charge in [0.15, 0.2) is 0 Å². The van der Waals surface area contributed by atoms with E-state index in [9.17, 15) is 14.7 Å². The van der Waals surface area contributed by atoms with Crippen molar-refractivity contribution in [3.05, 3.63) is 66.1 Å². The number of carbonyl (C=O) groups excluding carboxylic acids is 1. The molecule has 0 saturated heterocycles. The number of amides is 1. The van der Waals surface area contributed by atoms with Crippen molar-refractivity contribution >= 4 is 17.5 Å². The highest BCUT2D eigenvalue weighted by molar-refractivity contribution is 5.96. The molecule has 0 aliphatic heterocycles. The third kappa shape index (κ3) is 4.88. The number of hydrogen-bond donors (Lipinski definition) is 2. The number of pyridine rings is 1. The molecule has 0 fully saturated rings. The van der Waals surface area contributed by atoms with E-state index in [0.29, 0.717) is 17.7 Å². The van der Waals surface area contributed by atoms with Crippen molar-refractivity contribution in [2.75, 3.05) is 0 Å². The minimum absolute atomic E-state index is 0.265. The summed E-state index contributed by atoms with van der Waals surface area (Å²) in [5.41, 5.74) is 1.96. The Bertz CT molecular complexity index is 934. The highest BCUT2D eigenvalue weighted by Gasteiger charge is 2.20. The van der Waals surface area contributed by atoms with Crippen LogP contribution in [0, 0.1) is 0 Å². The first-order valence-electron chi connectivity index (χ1n) is 9.26. The van der Waals surface area contributed by atoms with Crippen molar-refractivity contribution in [3.8, 4) is 5.75 Å². The van der Waals surface area contributed by atoms with Crippen LogP contribution in [0.4, 0.5) is 0 Å². The second-order valence-corrected chi connectivity index (χ2v) is 6.52. The Morgan fingerprint density at radius 2 is 2.11 bits per heavy atom. The molecule has 0 radical (unpaired) electrons. The molecule has 7 heteroatoms. The summed E-state index contributed by atoms with van der Waals surface area (Å²) in [7, 11) is 0. The SMILES string of the molecule is CCCCC(NC(=O)c1cccc(OCc2cn3ccccc3n2)c1)C(=O)O. The molecule has 3 rings (SSSR count). The molecular weight excluding hydrogens is 358 g/mol. The van der Waals surface area contributed by atoms with Gasteiger partial charge in [0.1, 0.15) is 24.0 Å².